The van der Waals surface area contributed by atoms with Gasteiger partial charge in [0, 0.05) is 12.8 Å². The van der Waals surface area contributed by atoms with Crippen LogP contribution in [0.5, 0.6) is 0 Å². The Balaban J connectivity index is 3.49. The van der Waals surface area contributed by atoms with Crippen LogP contribution in [0.4, 0.5) is 0 Å². The van der Waals surface area contributed by atoms with E-state index in [1.165, 1.54) is 231 Å². The molecule has 0 heterocycles. The van der Waals surface area contributed by atoms with Gasteiger partial charge in [-0.1, -0.05) is 295 Å². The van der Waals surface area contributed by atoms with E-state index < -0.39 is 12.1 Å². The van der Waals surface area contributed by atoms with E-state index in [2.05, 4.69) is 43.5 Å². The molecule has 6 nitrogen and oxygen atoms in total. The minimum absolute atomic E-state index is 0.0193. The summed E-state index contributed by atoms with van der Waals surface area (Å²) in [6, 6.07) is -0.559. The molecule has 2 unspecified atom stereocenters. The van der Waals surface area contributed by atoms with E-state index in [1.54, 1.807) is 0 Å². The number of hydrogen-bond acceptors (Lipinski definition) is 5. The Bertz CT molecular complexity index is 1080. The van der Waals surface area contributed by atoms with Crippen LogP contribution in [0, 0.1) is 0 Å². The molecule has 0 saturated heterocycles. The standard InChI is InChI=1S/C63H121NO5/c1-3-5-7-9-11-13-15-17-18-19-20-21-22-23-24-25-26-28-32-35-39-43-47-51-55-61(66)60(59-65)64-62(67)56-52-48-44-40-36-33-29-27-30-34-38-42-46-50-54-58-69-63(68)57-53-49-45-41-37-31-16-14-12-10-8-6-4-2/h27,30,34,38,60-61,65-66H,3-26,28-29,31-33,35-37,39-59H2,1-2H3,(H,64,67)/b30-27-,38-34-. The van der Waals surface area contributed by atoms with Gasteiger partial charge in [-0.25, -0.2) is 0 Å². The molecule has 0 aromatic carbocycles. The number of rotatable bonds is 58. The summed E-state index contributed by atoms with van der Waals surface area (Å²) < 4.78 is 5.45. The van der Waals surface area contributed by atoms with Crippen LogP contribution in [-0.2, 0) is 14.3 Å². The third kappa shape index (κ3) is 55.5. The van der Waals surface area contributed by atoms with Crippen molar-refractivity contribution >= 4 is 11.9 Å². The molecular formula is C63H121NO5. The van der Waals surface area contributed by atoms with Crippen LogP contribution in [0.15, 0.2) is 24.3 Å². The van der Waals surface area contributed by atoms with Gasteiger partial charge >= 0.3 is 5.97 Å². The molecule has 0 fully saturated rings. The second kappa shape index (κ2) is 58.9. The lowest BCUT2D eigenvalue weighted by Crippen LogP contribution is -2.45. The van der Waals surface area contributed by atoms with Crippen LogP contribution < -0.4 is 5.32 Å². The number of esters is 1. The molecule has 6 heteroatoms. The number of aliphatic hydroxyl groups is 2. The highest BCUT2D eigenvalue weighted by Gasteiger charge is 2.20. The molecule has 3 N–H and O–H groups in total. The van der Waals surface area contributed by atoms with E-state index in [-0.39, 0.29) is 18.5 Å². The highest BCUT2D eigenvalue weighted by Crippen LogP contribution is 2.18. The summed E-state index contributed by atoms with van der Waals surface area (Å²) in [5, 5.41) is 23.4. The fourth-order valence-corrected chi connectivity index (χ4v) is 9.75. The zero-order valence-corrected chi connectivity index (χ0v) is 46.6. The Morgan fingerprint density at radius 2 is 0.710 bits per heavy atom. The van der Waals surface area contributed by atoms with E-state index in [4.69, 9.17) is 4.74 Å². The van der Waals surface area contributed by atoms with Crippen molar-refractivity contribution in [3.8, 4) is 0 Å². The molecule has 0 aliphatic carbocycles. The average Bonchev–Trinajstić information content (AvgIpc) is 3.35. The van der Waals surface area contributed by atoms with Gasteiger partial charge in [0.2, 0.25) is 5.91 Å². The van der Waals surface area contributed by atoms with Gasteiger partial charge in [-0.2, -0.15) is 0 Å². The summed E-state index contributed by atoms with van der Waals surface area (Å²) in [5.74, 6) is -0.0730. The SMILES string of the molecule is CCCCCCCCCCCCCCCCCCCCCCCCCCC(O)C(CO)NC(=O)CCCCCCCC/C=C\C=C/CCCCCOC(=O)CCCCCCCCCCCCCCC. The van der Waals surface area contributed by atoms with E-state index in [0.29, 0.717) is 25.9 Å². The predicted octanol–water partition coefficient (Wildman–Crippen LogP) is 19.4. The lowest BCUT2D eigenvalue weighted by molar-refractivity contribution is -0.143. The lowest BCUT2D eigenvalue weighted by Gasteiger charge is -2.22. The van der Waals surface area contributed by atoms with Crippen LogP contribution >= 0.6 is 0 Å². The Hall–Kier alpha value is -1.66. The van der Waals surface area contributed by atoms with Crippen molar-refractivity contribution in [2.24, 2.45) is 0 Å². The molecule has 0 radical (unpaired) electrons. The predicted molar refractivity (Wildman–Crippen MR) is 301 cm³/mol. The van der Waals surface area contributed by atoms with E-state index in [0.717, 1.165) is 77.0 Å². The van der Waals surface area contributed by atoms with Crippen molar-refractivity contribution < 1.29 is 24.5 Å². The molecule has 0 spiro atoms. The molecular weight excluding hydrogens is 851 g/mol. The summed E-state index contributed by atoms with van der Waals surface area (Å²) in [5.41, 5.74) is 0. The molecule has 408 valence electrons. The van der Waals surface area contributed by atoms with Gasteiger partial charge < -0.3 is 20.3 Å². The quantitative estimate of drug-likeness (QED) is 0.0321. The van der Waals surface area contributed by atoms with Gasteiger partial charge in [0.05, 0.1) is 25.4 Å². The molecule has 0 aliphatic heterocycles. The lowest BCUT2D eigenvalue weighted by atomic mass is 10.0. The fraction of sp³-hybridized carbons (Fsp3) is 0.905. The van der Waals surface area contributed by atoms with Crippen molar-refractivity contribution in [1.82, 2.24) is 5.32 Å². The summed E-state index contributed by atoms with van der Waals surface area (Å²) in [7, 11) is 0. The molecule has 0 saturated carbocycles. The Kier molecular flexibility index (Phi) is 57.5. The highest BCUT2D eigenvalue weighted by molar-refractivity contribution is 5.76. The minimum atomic E-state index is -0.680. The maximum Gasteiger partial charge on any atom is 0.305 e. The van der Waals surface area contributed by atoms with E-state index in [9.17, 15) is 19.8 Å². The first-order valence-corrected chi connectivity index (χ1v) is 31.1. The Morgan fingerprint density at radius 1 is 0.406 bits per heavy atom. The Morgan fingerprint density at radius 3 is 1.07 bits per heavy atom. The number of amides is 1. The summed E-state index contributed by atoms with van der Waals surface area (Å²) in [6.45, 7) is 4.92. The number of allylic oxidation sites excluding steroid dienone is 4. The summed E-state index contributed by atoms with van der Waals surface area (Å²) in [6.07, 6.45) is 71.9. The number of aliphatic hydroxyl groups excluding tert-OH is 2. The fourth-order valence-electron chi connectivity index (χ4n) is 9.75. The normalized spacial score (nSPS) is 12.7. The second-order valence-electron chi connectivity index (χ2n) is 21.4. The molecule has 0 bridgehead atoms. The number of nitrogens with one attached hydrogen (secondary N) is 1. The van der Waals surface area contributed by atoms with Gasteiger partial charge in [0.15, 0.2) is 0 Å². The van der Waals surface area contributed by atoms with Crippen molar-refractivity contribution in [3.05, 3.63) is 24.3 Å². The van der Waals surface area contributed by atoms with Gasteiger partial charge in [0.25, 0.3) is 0 Å². The van der Waals surface area contributed by atoms with Gasteiger partial charge in [-0.15, -0.1) is 0 Å². The zero-order valence-electron chi connectivity index (χ0n) is 46.6. The zero-order chi connectivity index (χ0) is 50.0. The molecule has 69 heavy (non-hydrogen) atoms. The number of hydrogen-bond donors (Lipinski definition) is 3. The molecule has 1 amide bonds. The van der Waals surface area contributed by atoms with Gasteiger partial charge in [0.1, 0.15) is 0 Å². The second-order valence-corrected chi connectivity index (χ2v) is 21.4. The topological polar surface area (TPSA) is 95.9 Å². The third-order valence-corrected chi connectivity index (χ3v) is 14.5. The third-order valence-electron chi connectivity index (χ3n) is 14.5. The smallest absolute Gasteiger partial charge is 0.305 e. The first-order valence-electron chi connectivity index (χ1n) is 31.1. The van der Waals surface area contributed by atoms with Crippen LogP contribution in [-0.4, -0.2) is 47.4 Å². The summed E-state index contributed by atoms with van der Waals surface area (Å²) >= 11 is 0. The molecule has 0 aliphatic rings. The van der Waals surface area contributed by atoms with Gasteiger partial charge in [-0.05, 0) is 57.8 Å². The first kappa shape index (κ1) is 67.3. The minimum Gasteiger partial charge on any atom is -0.466 e. The van der Waals surface area contributed by atoms with Crippen molar-refractivity contribution in [3.63, 3.8) is 0 Å². The monoisotopic (exact) mass is 972 g/mol. The van der Waals surface area contributed by atoms with Gasteiger partial charge in [-0.3, -0.25) is 9.59 Å². The molecule has 0 aromatic heterocycles. The highest BCUT2D eigenvalue weighted by atomic mass is 16.5. The average molecular weight is 973 g/mol. The van der Waals surface area contributed by atoms with Crippen LogP contribution in [0.3, 0.4) is 0 Å². The summed E-state index contributed by atoms with van der Waals surface area (Å²) in [4.78, 5) is 24.5. The molecule has 0 aromatic rings. The number of carbonyl (C=O) groups excluding carboxylic acids is 2. The van der Waals surface area contributed by atoms with Crippen LogP contribution in [0.25, 0.3) is 0 Å². The first-order chi connectivity index (χ1) is 34.0. The Labute approximate surface area is 431 Å². The molecule has 2 atom stereocenters. The maximum absolute atomic E-state index is 12.5. The largest absolute Gasteiger partial charge is 0.466 e. The number of unbranched alkanes of at least 4 members (excludes halogenated alkanes) is 44. The number of carbonyl (C=O) groups is 2. The van der Waals surface area contributed by atoms with Crippen molar-refractivity contribution in [2.45, 2.75) is 353 Å². The van der Waals surface area contributed by atoms with Crippen molar-refractivity contribution in [1.29, 1.82) is 0 Å². The van der Waals surface area contributed by atoms with Crippen LogP contribution in [0.1, 0.15) is 341 Å². The van der Waals surface area contributed by atoms with Crippen LogP contribution in [0.2, 0.25) is 0 Å². The molecule has 0 rings (SSSR count). The number of ether oxygens (including phenoxy) is 1. The maximum atomic E-state index is 12.5. The van der Waals surface area contributed by atoms with Crippen molar-refractivity contribution in [2.75, 3.05) is 13.2 Å². The van der Waals surface area contributed by atoms with E-state index >= 15 is 0 Å². The van der Waals surface area contributed by atoms with E-state index in [1.807, 2.05) is 0 Å².